The predicted octanol–water partition coefficient (Wildman–Crippen LogP) is 3.40. The molecule has 0 spiro atoms. The third-order valence-electron chi connectivity index (χ3n) is 6.22. The lowest BCUT2D eigenvalue weighted by atomic mass is 10.1. The SMILES string of the molecule is O=C(c1c(F)cccc1F)N1CCN(c2nc3ccccc3c3nnc(C4CC4)n23)CC1. The van der Waals surface area contributed by atoms with E-state index in [1.807, 2.05) is 28.7 Å². The smallest absolute Gasteiger partial charge is 0.259 e. The minimum atomic E-state index is -0.839. The Morgan fingerprint density at radius 1 is 0.906 bits per heavy atom. The Morgan fingerprint density at radius 3 is 2.34 bits per heavy atom. The molecular formula is C23H20F2N6O. The van der Waals surface area contributed by atoms with Crippen molar-refractivity contribution in [2.24, 2.45) is 0 Å². The summed E-state index contributed by atoms with van der Waals surface area (Å²) in [6.07, 6.45) is 2.17. The Labute approximate surface area is 182 Å². The van der Waals surface area contributed by atoms with E-state index in [1.165, 1.54) is 11.0 Å². The number of fused-ring (bicyclic) bond motifs is 3. The molecule has 2 aromatic carbocycles. The van der Waals surface area contributed by atoms with Crippen molar-refractivity contribution in [3.63, 3.8) is 0 Å². The lowest BCUT2D eigenvalue weighted by Gasteiger charge is -2.35. The molecule has 1 saturated heterocycles. The van der Waals surface area contributed by atoms with Gasteiger partial charge in [-0.3, -0.25) is 4.79 Å². The van der Waals surface area contributed by atoms with Crippen molar-refractivity contribution < 1.29 is 13.6 Å². The van der Waals surface area contributed by atoms with Gasteiger partial charge in [0.1, 0.15) is 23.0 Å². The van der Waals surface area contributed by atoms with E-state index in [9.17, 15) is 13.6 Å². The lowest BCUT2D eigenvalue weighted by molar-refractivity contribution is 0.0736. The number of benzene rings is 2. The molecule has 2 aliphatic rings. The standard InChI is InChI=1S/C23H20F2N6O/c24-16-5-3-6-17(25)19(16)22(32)29-10-12-30(13-11-29)23-26-18-7-2-1-4-15(18)21-28-27-20(31(21)23)14-8-9-14/h1-7,14H,8-13H2. The maximum atomic E-state index is 14.1. The van der Waals surface area contributed by atoms with Crippen LogP contribution in [0.25, 0.3) is 16.6 Å². The number of para-hydroxylation sites is 1. The van der Waals surface area contributed by atoms with Gasteiger partial charge in [-0.1, -0.05) is 18.2 Å². The molecule has 7 nitrogen and oxygen atoms in total. The zero-order valence-electron chi connectivity index (χ0n) is 17.2. The monoisotopic (exact) mass is 434 g/mol. The number of hydrogen-bond donors (Lipinski definition) is 0. The molecule has 6 rings (SSSR count). The Bertz CT molecular complexity index is 1340. The van der Waals surface area contributed by atoms with Crippen molar-refractivity contribution in [1.29, 1.82) is 0 Å². The molecule has 1 aliphatic carbocycles. The molecule has 0 bridgehead atoms. The number of aromatic nitrogens is 4. The summed E-state index contributed by atoms with van der Waals surface area (Å²) in [5.41, 5.74) is 1.11. The third-order valence-corrected chi connectivity index (χ3v) is 6.22. The van der Waals surface area contributed by atoms with Crippen LogP contribution in [0.2, 0.25) is 0 Å². The van der Waals surface area contributed by atoms with Crippen LogP contribution in [-0.4, -0.2) is 56.6 Å². The molecule has 32 heavy (non-hydrogen) atoms. The summed E-state index contributed by atoms with van der Waals surface area (Å²) >= 11 is 0. The summed E-state index contributed by atoms with van der Waals surface area (Å²) < 4.78 is 30.2. The highest BCUT2D eigenvalue weighted by atomic mass is 19.1. The Morgan fingerprint density at radius 2 is 1.62 bits per heavy atom. The summed E-state index contributed by atoms with van der Waals surface area (Å²) in [5.74, 6) is -0.254. The van der Waals surface area contributed by atoms with Gasteiger partial charge in [-0.15, -0.1) is 10.2 Å². The molecule has 3 heterocycles. The number of amides is 1. The maximum Gasteiger partial charge on any atom is 0.259 e. The second-order valence-electron chi connectivity index (χ2n) is 8.30. The first-order chi connectivity index (χ1) is 15.6. The second kappa shape index (κ2) is 7.22. The largest absolute Gasteiger partial charge is 0.338 e. The Balaban J connectivity index is 1.33. The van der Waals surface area contributed by atoms with Crippen molar-refractivity contribution >= 4 is 28.4 Å². The van der Waals surface area contributed by atoms with E-state index in [-0.39, 0.29) is 0 Å². The molecule has 0 atom stereocenters. The topological polar surface area (TPSA) is 66.6 Å². The van der Waals surface area contributed by atoms with Gasteiger partial charge in [-0.2, -0.15) is 0 Å². The van der Waals surface area contributed by atoms with Gasteiger partial charge in [0.2, 0.25) is 5.95 Å². The fourth-order valence-corrected chi connectivity index (χ4v) is 4.37. The molecule has 0 N–H and O–H groups in total. The first kappa shape index (κ1) is 19.1. The van der Waals surface area contributed by atoms with Crippen LogP contribution < -0.4 is 4.90 Å². The van der Waals surface area contributed by atoms with Crippen LogP contribution in [0.1, 0.15) is 34.9 Å². The average molecular weight is 434 g/mol. The summed E-state index contributed by atoms with van der Waals surface area (Å²) in [4.78, 5) is 21.3. The highest BCUT2D eigenvalue weighted by Gasteiger charge is 2.33. The fraction of sp³-hybridized carbons (Fsp3) is 0.304. The summed E-state index contributed by atoms with van der Waals surface area (Å²) in [6, 6.07) is 11.3. The zero-order valence-corrected chi connectivity index (χ0v) is 17.2. The number of rotatable bonds is 3. The van der Waals surface area contributed by atoms with Crippen molar-refractivity contribution in [2.75, 3.05) is 31.1 Å². The van der Waals surface area contributed by atoms with Crippen LogP contribution in [0.5, 0.6) is 0 Å². The van der Waals surface area contributed by atoms with Gasteiger partial charge in [-0.25, -0.2) is 18.2 Å². The van der Waals surface area contributed by atoms with Gasteiger partial charge >= 0.3 is 0 Å². The second-order valence-corrected chi connectivity index (χ2v) is 8.30. The van der Waals surface area contributed by atoms with Gasteiger partial charge < -0.3 is 9.80 Å². The molecule has 2 fully saturated rings. The average Bonchev–Trinajstić information content (AvgIpc) is 3.56. The van der Waals surface area contributed by atoms with E-state index >= 15 is 0 Å². The molecule has 0 radical (unpaired) electrons. The van der Waals surface area contributed by atoms with Crippen LogP contribution in [0, 0.1) is 11.6 Å². The molecular weight excluding hydrogens is 414 g/mol. The highest BCUT2D eigenvalue weighted by molar-refractivity contribution is 5.95. The number of hydrogen-bond acceptors (Lipinski definition) is 5. The van der Waals surface area contributed by atoms with Crippen LogP contribution in [0.4, 0.5) is 14.7 Å². The number of halogens is 2. The molecule has 1 aliphatic heterocycles. The van der Waals surface area contributed by atoms with Crippen molar-refractivity contribution in [1.82, 2.24) is 24.5 Å². The van der Waals surface area contributed by atoms with E-state index in [2.05, 4.69) is 15.1 Å². The van der Waals surface area contributed by atoms with Crippen LogP contribution >= 0.6 is 0 Å². The normalized spacial score (nSPS) is 16.8. The van der Waals surface area contributed by atoms with E-state index in [0.717, 1.165) is 53.3 Å². The van der Waals surface area contributed by atoms with Gasteiger partial charge in [0.25, 0.3) is 5.91 Å². The minimum absolute atomic E-state index is 0.337. The maximum absolute atomic E-state index is 14.1. The van der Waals surface area contributed by atoms with Crippen LogP contribution in [0.3, 0.4) is 0 Å². The molecule has 162 valence electrons. The molecule has 0 unspecified atom stereocenters. The van der Waals surface area contributed by atoms with Crippen LogP contribution in [0.15, 0.2) is 42.5 Å². The molecule has 4 aromatic rings. The minimum Gasteiger partial charge on any atom is -0.338 e. The van der Waals surface area contributed by atoms with Crippen molar-refractivity contribution in [3.8, 4) is 0 Å². The van der Waals surface area contributed by atoms with Gasteiger partial charge in [0, 0.05) is 37.5 Å². The summed E-state index contributed by atoms with van der Waals surface area (Å²) in [7, 11) is 0. The number of carbonyl (C=O) groups excluding carboxylic acids is 1. The summed E-state index contributed by atoms with van der Waals surface area (Å²) in [6.45, 7) is 1.65. The highest BCUT2D eigenvalue weighted by Crippen LogP contribution is 2.40. The molecule has 2 aromatic heterocycles. The van der Waals surface area contributed by atoms with E-state index < -0.39 is 23.1 Å². The Kier molecular flexibility index (Phi) is 4.31. The number of piperazine rings is 1. The molecule has 9 heteroatoms. The quantitative estimate of drug-likeness (QED) is 0.495. The van der Waals surface area contributed by atoms with E-state index in [1.54, 1.807) is 0 Å². The Hall–Kier alpha value is -3.62. The summed E-state index contributed by atoms with van der Waals surface area (Å²) in [5, 5.41) is 9.87. The fourth-order valence-electron chi connectivity index (χ4n) is 4.37. The molecule has 1 saturated carbocycles. The number of carbonyl (C=O) groups is 1. The first-order valence-corrected chi connectivity index (χ1v) is 10.7. The van der Waals surface area contributed by atoms with Crippen LogP contribution in [-0.2, 0) is 0 Å². The predicted molar refractivity (Wildman–Crippen MR) is 115 cm³/mol. The lowest BCUT2D eigenvalue weighted by Crippen LogP contribution is -2.49. The van der Waals surface area contributed by atoms with Gasteiger partial charge in [0.15, 0.2) is 5.65 Å². The number of nitrogens with zero attached hydrogens (tertiary/aromatic N) is 6. The van der Waals surface area contributed by atoms with Crippen molar-refractivity contribution in [3.05, 3.63) is 65.5 Å². The van der Waals surface area contributed by atoms with Gasteiger partial charge in [0.05, 0.1) is 5.52 Å². The number of anilines is 1. The zero-order chi connectivity index (χ0) is 21.8. The van der Waals surface area contributed by atoms with E-state index in [4.69, 9.17) is 4.98 Å². The van der Waals surface area contributed by atoms with Gasteiger partial charge in [-0.05, 0) is 37.1 Å². The molecule has 1 amide bonds. The third kappa shape index (κ3) is 2.99. The van der Waals surface area contributed by atoms with Crippen molar-refractivity contribution in [2.45, 2.75) is 18.8 Å². The van der Waals surface area contributed by atoms with E-state index in [0.29, 0.717) is 32.1 Å². The first-order valence-electron chi connectivity index (χ1n) is 10.7.